The summed E-state index contributed by atoms with van der Waals surface area (Å²) in [6, 6.07) is 6.56. The number of benzene rings is 1. The topological polar surface area (TPSA) is 80.0 Å². The largest absolute Gasteiger partial charge is 0.480 e. The van der Waals surface area contributed by atoms with Gasteiger partial charge in [0.05, 0.1) is 6.61 Å². The average molecular weight is 317 g/mol. The van der Waals surface area contributed by atoms with Crippen LogP contribution in [0.15, 0.2) is 28.7 Å². The van der Waals surface area contributed by atoms with Crippen LogP contribution in [0.1, 0.15) is 35.4 Å². The Bertz CT molecular complexity index is 736. The molecule has 0 radical (unpaired) electrons. The van der Waals surface area contributed by atoms with Crippen molar-refractivity contribution in [1.82, 2.24) is 4.90 Å². The van der Waals surface area contributed by atoms with E-state index in [0.29, 0.717) is 24.1 Å². The van der Waals surface area contributed by atoms with Crippen LogP contribution >= 0.6 is 0 Å². The Hall–Kier alpha value is -2.34. The van der Waals surface area contributed by atoms with Crippen molar-refractivity contribution in [2.45, 2.75) is 31.9 Å². The Labute approximate surface area is 133 Å². The third kappa shape index (κ3) is 2.82. The van der Waals surface area contributed by atoms with Gasteiger partial charge in [0, 0.05) is 24.6 Å². The number of carboxylic acid groups (broad SMARTS) is 1. The summed E-state index contributed by atoms with van der Waals surface area (Å²) in [6.07, 6.45) is 2.09. The molecule has 1 aromatic heterocycles. The van der Waals surface area contributed by atoms with Crippen LogP contribution in [0.5, 0.6) is 0 Å². The summed E-state index contributed by atoms with van der Waals surface area (Å²) in [6.45, 7) is 0.670. The SMILES string of the molecule is COCc1c(C(=O)N2CCCCC2C(=O)O)oc2ccccc12. The van der Waals surface area contributed by atoms with Crippen molar-refractivity contribution in [2.24, 2.45) is 0 Å². The Kier molecular flexibility index (Phi) is 4.34. The maximum atomic E-state index is 12.9. The number of furan rings is 1. The summed E-state index contributed by atoms with van der Waals surface area (Å²) in [5.74, 6) is -1.16. The third-order valence-corrected chi connectivity index (χ3v) is 4.23. The standard InChI is InChI=1S/C17H19NO5/c1-22-10-12-11-6-2-3-8-14(11)23-15(12)16(19)18-9-5-4-7-13(18)17(20)21/h2-3,6,8,13H,4-5,7,9-10H2,1H3,(H,20,21). The monoisotopic (exact) mass is 317 g/mol. The molecule has 23 heavy (non-hydrogen) atoms. The van der Waals surface area contributed by atoms with Gasteiger partial charge in [-0.2, -0.15) is 0 Å². The van der Waals surface area contributed by atoms with Crippen LogP contribution in [0.2, 0.25) is 0 Å². The van der Waals surface area contributed by atoms with Gasteiger partial charge in [-0.15, -0.1) is 0 Å². The van der Waals surface area contributed by atoms with Crippen molar-refractivity contribution in [2.75, 3.05) is 13.7 Å². The van der Waals surface area contributed by atoms with Crippen LogP contribution in [0.25, 0.3) is 11.0 Å². The molecule has 6 heteroatoms. The lowest BCUT2D eigenvalue weighted by Crippen LogP contribution is -2.48. The first-order valence-electron chi connectivity index (χ1n) is 7.66. The van der Waals surface area contributed by atoms with Gasteiger partial charge in [-0.25, -0.2) is 4.79 Å². The van der Waals surface area contributed by atoms with Crippen LogP contribution in [-0.4, -0.2) is 41.6 Å². The zero-order valence-corrected chi connectivity index (χ0v) is 12.9. The number of likely N-dealkylation sites (tertiary alicyclic amines) is 1. The Morgan fingerprint density at radius 1 is 1.35 bits per heavy atom. The first kappa shape index (κ1) is 15.6. The highest BCUT2D eigenvalue weighted by atomic mass is 16.5. The summed E-state index contributed by atoms with van der Waals surface area (Å²) in [5.41, 5.74) is 1.27. The second-order valence-corrected chi connectivity index (χ2v) is 5.69. The zero-order valence-electron chi connectivity index (χ0n) is 12.9. The van der Waals surface area contributed by atoms with Gasteiger partial charge in [-0.3, -0.25) is 4.79 Å². The summed E-state index contributed by atoms with van der Waals surface area (Å²) < 4.78 is 10.9. The molecule has 0 saturated carbocycles. The molecule has 3 rings (SSSR count). The van der Waals surface area contributed by atoms with Crippen molar-refractivity contribution in [3.05, 3.63) is 35.6 Å². The Morgan fingerprint density at radius 2 is 2.13 bits per heavy atom. The number of carbonyl (C=O) groups excluding carboxylic acids is 1. The molecule has 2 heterocycles. The molecule has 1 amide bonds. The molecule has 0 spiro atoms. The fraction of sp³-hybridized carbons (Fsp3) is 0.412. The van der Waals surface area contributed by atoms with Gasteiger partial charge in [0.2, 0.25) is 0 Å². The number of amides is 1. The van der Waals surface area contributed by atoms with Crippen molar-refractivity contribution in [3.8, 4) is 0 Å². The van der Waals surface area contributed by atoms with Crippen LogP contribution in [0.4, 0.5) is 0 Å². The first-order chi connectivity index (χ1) is 11.1. The van der Waals surface area contributed by atoms with Crippen LogP contribution in [-0.2, 0) is 16.1 Å². The summed E-state index contributed by atoms with van der Waals surface area (Å²) in [4.78, 5) is 25.7. The molecule has 1 N–H and O–H groups in total. The summed E-state index contributed by atoms with van der Waals surface area (Å²) in [7, 11) is 1.55. The number of methoxy groups -OCH3 is 1. The molecule has 0 bridgehead atoms. The lowest BCUT2D eigenvalue weighted by atomic mass is 10.0. The van der Waals surface area contributed by atoms with E-state index in [1.165, 1.54) is 4.90 Å². The highest BCUT2D eigenvalue weighted by Gasteiger charge is 2.35. The highest BCUT2D eigenvalue weighted by molar-refractivity contribution is 6.00. The molecular formula is C17H19NO5. The van der Waals surface area contributed by atoms with E-state index in [0.717, 1.165) is 18.2 Å². The number of ether oxygens (including phenoxy) is 1. The lowest BCUT2D eigenvalue weighted by Gasteiger charge is -2.32. The van der Waals surface area contributed by atoms with Gasteiger partial charge in [0.1, 0.15) is 11.6 Å². The van der Waals surface area contributed by atoms with E-state index in [-0.39, 0.29) is 18.3 Å². The maximum Gasteiger partial charge on any atom is 0.326 e. The number of aliphatic carboxylic acids is 1. The predicted octanol–water partition coefficient (Wildman–Crippen LogP) is 2.66. The van der Waals surface area contributed by atoms with E-state index in [1.807, 2.05) is 18.2 Å². The third-order valence-electron chi connectivity index (χ3n) is 4.23. The summed E-state index contributed by atoms with van der Waals surface area (Å²) in [5, 5.41) is 10.2. The molecule has 1 saturated heterocycles. The van der Waals surface area contributed by atoms with E-state index in [2.05, 4.69) is 0 Å². The minimum atomic E-state index is -0.970. The zero-order chi connectivity index (χ0) is 16.4. The van der Waals surface area contributed by atoms with Crippen LogP contribution in [0.3, 0.4) is 0 Å². The minimum absolute atomic E-state index is 0.182. The van der Waals surface area contributed by atoms with Gasteiger partial charge < -0.3 is 19.2 Å². The fourth-order valence-electron chi connectivity index (χ4n) is 3.12. The molecule has 1 aliphatic heterocycles. The van der Waals surface area contributed by atoms with Crippen molar-refractivity contribution in [1.29, 1.82) is 0 Å². The molecule has 2 aromatic rings. The molecular weight excluding hydrogens is 298 g/mol. The van der Waals surface area contributed by atoms with Crippen molar-refractivity contribution in [3.63, 3.8) is 0 Å². The second-order valence-electron chi connectivity index (χ2n) is 5.69. The molecule has 0 aliphatic carbocycles. The average Bonchev–Trinajstić information content (AvgIpc) is 2.93. The smallest absolute Gasteiger partial charge is 0.326 e. The maximum absolute atomic E-state index is 12.9. The van der Waals surface area contributed by atoms with Gasteiger partial charge in [-0.1, -0.05) is 18.2 Å². The van der Waals surface area contributed by atoms with Gasteiger partial charge in [0.15, 0.2) is 5.76 Å². The fourth-order valence-corrected chi connectivity index (χ4v) is 3.12. The quantitative estimate of drug-likeness (QED) is 0.937. The van der Waals surface area contributed by atoms with Crippen LogP contribution in [0, 0.1) is 0 Å². The Balaban J connectivity index is 2.02. The molecule has 6 nitrogen and oxygen atoms in total. The van der Waals surface area contributed by atoms with E-state index in [1.54, 1.807) is 13.2 Å². The number of hydrogen-bond donors (Lipinski definition) is 1. The molecule has 1 aliphatic rings. The molecule has 1 atom stereocenters. The number of rotatable bonds is 4. The number of para-hydroxylation sites is 1. The number of nitrogens with zero attached hydrogens (tertiary/aromatic N) is 1. The summed E-state index contributed by atoms with van der Waals surface area (Å²) >= 11 is 0. The number of carboxylic acids is 1. The van der Waals surface area contributed by atoms with Crippen molar-refractivity contribution >= 4 is 22.8 Å². The molecule has 122 valence electrons. The van der Waals surface area contributed by atoms with E-state index in [9.17, 15) is 14.7 Å². The van der Waals surface area contributed by atoms with Crippen LogP contribution < -0.4 is 0 Å². The first-order valence-corrected chi connectivity index (χ1v) is 7.66. The van der Waals surface area contributed by atoms with E-state index < -0.39 is 12.0 Å². The number of carbonyl (C=O) groups is 2. The second kappa shape index (κ2) is 6.42. The lowest BCUT2D eigenvalue weighted by molar-refractivity contribution is -0.143. The van der Waals surface area contributed by atoms with E-state index in [4.69, 9.17) is 9.15 Å². The molecule has 1 unspecified atom stereocenters. The van der Waals surface area contributed by atoms with Gasteiger partial charge in [-0.05, 0) is 25.3 Å². The number of piperidine rings is 1. The van der Waals surface area contributed by atoms with Gasteiger partial charge in [0.25, 0.3) is 5.91 Å². The van der Waals surface area contributed by atoms with Crippen molar-refractivity contribution < 1.29 is 23.8 Å². The highest BCUT2D eigenvalue weighted by Crippen LogP contribution is 2.29. The minimum Gasteiger partial charge on any atom is -0.480 e. The van der Waals surface area contributed by atoms with Gasteiger partial charge >= 0.3 is 5.97 Å². The Morgan fingerprint density at radius 3 is 2.87 bits per heavy atom. The molecule has 1 aromatic carbocycles. The van der Waals surface area contributed by atoms with E-state index >= 15 is 0 Å². The number of fused-ring (bicyclic) bond motifs is 1. The normalized spacial score (nSPS) is 18.3. The molecule has 1 fully saturated rings. The number of hydrogen-bond acceptors (Lipinski definition) is 4. The predicted molar refractivity (Wildman–Crippen MR) is 83.2 cm³/mol.